The van der Waals surface area contributed by atoms with Gasteiger partial charge in [-0.25, -0.2) is 0 Å². The molecule has 0 aliphatic rings. The SMILES string of the molecule is CC[C@@H](C)NC(=O)[C@H](Cc1ccccc1)N(Cc1cccc(Br)c1)C(=O)COc1cccc(Cl)c1. The normalized spacial score (nSPS) is 12.5. The van der Waals surface area contributed by atoms with Crippen LogP contribution in [0.5, 0.6) is 5.75 Å². The van der Waals surface area contributed by atoms with Gasteiger partial charge in [0.15, 0.2) is 6.61 Å². The van der Waals surface area contributed by atoms with E-state index in [0.717, 1.165) is 22.0 Å². The number of halogens is 2. The molecule has 0 saturated heterocycles. The standard InChI is InChI=1S/C28H30BrClN2O3/c1-3-20(2)31-28(34)26(16-21-9-5-4-6-10-21)32(18-22-11-7-12-23(29)15-22)27(33)19-35-25-14-8-13-24(30)17-25/h4-15,17,20,26H,3,16,18-19H2,1-2H3,(H,31,34)/t20-,26+/m1/s1. The summed E-state index contributed by atoms with van der Waals surface area (Å²) >= 11 is 9.56. The third-order valence-corrected chi connectivity index (χ3v) is 6.40. The molecule has 3 aromatic carbocycles. The van der Waals surface area contributed by atoms with Crippen LogP contribution < -0.4 is 10.1 Å². The minimum Gasteiger partial charge on any atom is -0.484 e. The van der Waals surface area contributed by atoms with E-state index in [9.17, 15) is 9.59 Å². The predicted molar refractivity (Wildman–Crippen MR) is 143 cm³/mol. The molecule has 35 heavy (non-hydrogen) atoms. The number of ether oxygens (including phenoxy) is 1. The molecular formula is C28H30BrClN2O3. The van der Waals surface area contributed by atoms with Crippen LogP contribution in [-0.4, -0.2) is 35.4 Å². The Balaban J connectivity index is 1.91. The van der Waals surface area contributed by atoms with E-state index in [0.29, 0.717) is 17.2 Å². The zero-order valence-corrected chi connectivity index (χ0v) is 22.3. The molecule has 0 aliphatic heterocycles. The fourth-order valence-corrected chi connectivity index (χ4v) is 4.24. The van der Waals surface area contributed by atoms with Crippen molar-refractivity contribution < 1.29 is 14.3 Å². The van der Waals surface area contributed by atoms with Crippen molar-refractivity contribution >= 4 is 39.3 Å². The largest absolute Gasteiger partial charge is 0.484 e. The number of amides is 2. The number of hydrogen-bond donors (Lipinski definition) is 1. The maximum Gasteiger partial charge on any atom is 0.261 e. The van der Waals surface area contributed by atoms with Crippen LogP contribution >= 0.6 is 27.5 Å². The molecule has 0 aliphatic carbocycles. The predicted octanol–water partition coefficient (Wildman–Crippen LogP) is 6.04. The molecule has 0 bridgehead atoms. The summed E-state index contributed by atoms with van der Waals surface area (Å²) in [4.78, 5) is 28.6. The van der Waals surface area contributed by atoms with Crippen LogP contribution in [0.2, 0.25) is 5.02 Å². The summed E-state index contributed by atoms with van der Waals surface area (Å²) in [6.45, 7) is 4.03. The summed E-state index contributed by atoms with van der Waals surface area (Å²) in [6, 6.07) is 23.6. The summed E-state index contributed by atoms with van der Waals surface area (Å²) in [6.07, 6.45) is 1.18. The van der Waals surface area contributed by atoms with Gasteiger partial charge in [-0.15, -0.1) is 0 Å². The van der Waals surface area contributed by atoms with Crippen molar-refractivity contribution in [3.05, 3.63) is 99.5 Å². The lowest BCUT2D eigenvalue weighted by Crippen LogP contribution is -2.53. The minimum absolute atomic E-state index is 0.00805. The van der Waals surface area contributed by atoms with Gasteiger partial charge >= 0.3 is 0 Å². The van der Waals surface area contributed by atoms with E-state index < -0.39 is 6.04 Å². The lowest BCUT2D eigenvalue weighted by Gasteiger charge is -2.32. The third kappa shape index (κ3) is 8.41. The molecule has 2 atom stereocenters. The Morgan fingerprint density at radius 1 is 1.00 bits per heavy atom. The summed E-state index contributed by atoms with van der Waals surface area (Å²) < 4.78 is 6.66. The van der Waals surface area contributed by atoms with E-state index >= 15 is 0 Å². The fraction of sp³-hybridized carbons (Fsp3) is 0.286. The Bertz CT molecular complexity index is 1130. The molecule has 184 valence electrons. The van der Waals surface area contributed by atoms with Gasteiger partial charge in [-0.1, -0.05) is 83.0 Å². The van der Waals surface area contributed by atoms with Gasteiger partial charge < -0.3 is 15.0 Å². The van der Waals surface area contributed by atoms with Crippen molar-refractivity contribution in [1.29, 1.82) is 0 Å². The van der Waals surface area contributed by atoms with Gasteiger partial charge in [0, 0.05) is 28.5 Å². The quantitative estimate of drug-likeness (QED) is 0.313. The van der Waals surface area contributed by atoms with Gasteiger partial charge in [0.2, 0.25) is 5.91 Å². The molecule has 0 radical (unpaired) electrons. The second-order valence-electron chi connectivity index (χ2n) is 8.42. The summed E-state index contributed by atoms with van der Waals surface area (Å²) in [5.41, 5.74) is 1.88. The summed E-state index contributed by atoms with van der Waals surface area (Å²) in [5.74, 6) is 0.0245. The maximum absolute atomic E-state index is 13.6. The first-order chi connectivity index (χ1) is 16.9. The zero-order valence-electron chi connectivity index (χ0n) is 19.9. The van der Waals surface area contributed by atoms with Gasteiger partial charge in [-0.05, 0) is 54.8 Å². The highest BCUT2D eigenvalue weighted by atomic mass is 79.9. The van der Waals surface area contributed by atoms with Crippen LogP contribution in [0, 0.1) is 0 Å². The molecule has 1 N–H and O–H groups in total. The number of nitrogens with one attached hydrogen (secondary N) is 1. The van der Waals surface area contributed by atoms with E-state index in [1.54, 1.807) is 29.2 Å². The van der Waals surface area contributed by atoms with Crippen molar-refractivity contribution in [3.8, 4) is 5.75 Å². The maximum atomic E-state index is 13.6. The number of hydrogen-bond acceptors (Lipinski definition) is 3. The Morgan fingerprint density at radius 2 is 1.71 bits per heavy atom. The molecule has 5 nitrogen and oxygen atoms in total. The highest BCUT2D eigenvalue weighted by Crippen LogP contribution is 2.20. The van der Waals surface area contributed by atoms with Gasteiger partial charge in [-0.2, -0.15) is 0 Å². The number of rotatable bonds is 11. The van der Waals surface area contributed by atoms with Crippen molar-refractivity contribution in [2.75, 3.05) is 6.61 Å². The monoisotopic (exact) mass is 556 g/mol. The fourth-order valence-electron chi connectivity index (χ4n) is 3.61. The van der Waals surface area contributed by atoms with Crippen molar-refractivity contribution in [1.82, 2.24) is 10.2 Å². The van der Waals surface area contributed by atoms with Crippen LogP contribution in [0.3, 0.4) is 0 Å². The van der Waals surface area contributed by atoms with E-state index in [1.165, 1.54) is 0 Å². The Morgan fingerprint density at radius 3 is 2.40 bits per heavy atom. The lowest BCUT2D eigenvalue weighted by atomic mass is 10.0. The van der Waals surface area contributed by atoms with Gasteiger partial charge in [0.1, 0.15) is 11.8 Å². The van der Waals surface area contributed by atoms with Gasteiger partial charge in [0.05, 0.1) is 0 Å². The molecule has 2 amide bonds. The first-order valence-electron chi connectivity index (χ1n) is 11.6. The first kappa shape index (κ1) is 26.8. The Kier molecular flexibility index (Phi) is 10.2. The van der Waals surface area contributed by atoms with Crippen molar-refractivity contribution in [2.45, 2.75) is 45.3 Å². The molecule has 3 aromatic rings. The Labute approximate surface area is 220 Å². The second kappa shape index (κ2) is 13.3. The summed E-state index contributed by atoms with van der Waals surface area (Å²) in [5, 5.41) is 3.59. The highest BCUT2D eigenvalue weighted by molar-refractivity contribution is 9.10. The molecular weight excluding hydrogens is 528 g/mol. The lowest BCUT2D eigenvalue weighted by molar-refractivity contribution is -0.143. The van der Waals surface area contributed by atoms with Crippen LogP contribution in [0.1, 0.15) is 31.4 Å². The van der Waals surface area contributed by atoms with Crippen LogP contribution in [0.15, 0.2) is 83.3 Å². The summed E-state index contributed by atoms with van der Waals surface area (Å²) in [7, 11) is 0. The van der Waals surface area contributed by atoms with Crippen molar-refractivity contribution in [3.63, 3.8) is 0 Å². The number of carbonyl (C=O) groups is 2. The Hall–Kier alpha value is -2.83. The molecule has 0 aromatic heterocycles. The topological polar surface area (TPSA) is 58.6 Å². The average molecular weight is 558 g/mol. The second-order valence-corrected chi connectivity index (χ2v) is 9.77. The van der Waals surface area contributed by atoms with E-state index in [-0.39, 0.29) is 31.0 Å². The molecule has 3 rings (SSSR count). The van der Waals surface area contributed by atoms with E-state index in [2.05, 4.69) is 21.2 Å². The number of nitrogens with zero attached hydrogens (tertiary/aromatic N) is 1. The number of carbonyl (C=O) groups excluding carboxylic acids is 2. The zero-order chi connectivity index (χ0) is 25.2. The van der Waals surface area contributed by atoms with Crippen LogP contribution in [0.4, 0.5) is 0 Å². The molecule has 0 fully saturated rings. The first-order valence-corrected chi connectivity index (χ1v) is 12.8. The minimum atomic E-state index is -0.708. The van der Waals surface area contributed by atoms with Gasteiger partial charge in [0.25, 0.3) is 5.91 Å². The van der Waals surface area contributed by atoms with E-state index in [1.807, 2.05) is 68.4 Å². The smallest absolute Gasteiger partial charge is 0.261 e. The average Bonchev–Trinajstić information content (AvgIpc) is 2.85. The molecule has 0 saturated carbocycles. The van der Waals surface area contributed by atoms with Crippen LogP contribution in [-0.2, 0) is 22.6 Å². The van der Waals surface area contributed by atoms with E-state index in [4.69, 9.17) is 16.3 Å². The molecule has 0 heterocycles. The highest BCUT2D eigenvalue weighted by Gasteiger charge is 2.31. The molecule has 7 heteroatoms. The third-order valence-electron chi connectivity index (χ3n) is 5.67. The molecule has 0 unspecified atom stereocenters. The van der Waals surface area contributed by atoms with Crippen LogP contribution in [0.25, 0.3) is 0 Å². The van der Waals surface area contributed by atoms with Gasteiger partial charge in [-0.3, -0.25) is 9.59 Å². The molecule has 0 spiro atoms. The van der Waals surface area contributed by atoms with Crippen molar-refractivity contribution in [2.24, 2.45) is 0 Å². The number of benzene rings is 3.